The van der Waals surface area contributed by atoms with E-state index >= 15 is 0 Å². The Morgan fingerprint density at radius 2 is 2.33 bits per heavy atom. The van der Waals surface area contributed by atoms with Crippen LogP contribution in [0, 0.1) is 11.8 Å². The number of halogens is 2. The number of benzene rings is 1. The van der Waals surface area contributed by atoms with Gasteiger partial charge in [0.05, 0.1) is 0 Å². The van der Waals surface area contributed by atoms with Gasteiger partial charge in [-0.15, -0.1) is 0 Å². The van der Waals surface area contributed by atoms with Crippen LogP contribution in [0.2, 0.25) is 5.02 Å². The van der Waals surface area contributed by atoms with Gasteiger partial charge >= 0.3 is 5.97 Å². The molecule has 0 aromatic heterocycles. The smallest absolute Gasteiger partial charge is 0.303 e. The van der Waals surface area contributed by atoms with E-state index in [0.29, 0.717) is 5.92 Å². The molecule has 0 bridgehead atoms. The molecule has 1 aliphatic heterocycles. The van der Waals surface area contributed by atoms with E-state index in [4.69, 9.17) is 16.7 Å². The topological polar surface area (TPSA) is 40.5 Å². The number of hydrogen-bond donors (Lipinski definition) is 1. The van der Waals surface area contributed by atoms with E-state index in [0.717, 1.165) is 42.0 Å². The van der Waals surface area contributed by atoms with Gasteiger partial charge in [0.25, 0.3) is 0 Å². The van der Waals surface area contributed by atoms with Crippen molar-refractivity contribution < 1.29 is 9.90 Å². The summed E-state index contributed by atoms with van der Waals surface area (Å²) < 4.78 is 1.08. The van der Waals surface area contributed by atoms with Crippen LogP contribution in [0.5, 0.6) is 0 Å². The van der Waals surface area contributed by atoms with Crippen LogP contribution in [0.1, 0.15) is 31.7 Å². The predicted molar refractivity (Wildman–Crippen MR) is 88.6 cm³/mol. The van der Waals surface area contributed by atoms with E-state index in [1.54, 1.807) is 0 Å². The van der Waals surface area contributed by atoms with Gasteiger partial charge in [0.2, 0.25) is 0 Å². The Hall–Kier alpha value is -0.580. The maximum Gasteiger partial charge on any atom is 0.303 e. The Labute approximate surface area is 139 Å². The summed E-state index contributed by atoms with van der Waals surface area (Å²) in [5.41, 5.74) is 1.19. The predicted octanol–water partition coefficient (Wildman–Crippen LogP) is 4.43. The van der Waals surface area contributed by atoms with E-state index in [-0.39, 0.29) is 12.3 Å². The number of likely N-dealkylation sites (tertiary alicyclic amines) is 1. The molecule has 21 heavy (non-hydrogen) atoms. The van der Waals surface area contributed by atoms with Crippen LogP contribution in [0.15, 0.2) is 22.7 Å². The summed E-state index contributed by atoms with van der Waals surface area (Å²) in [5, 5.41) is 9.70. The highest BCUT2D eigenvalue weighted by Crippen LogP contribution is 2.29. The zero-order valence-corrected chi connectivity index (χ0v) is 14.5. The molecule has 0 radical (unpaired) electrons. The molecular weight excluding hydrogens is 354 g/mol. The van der Waals surface area contributed by atoms with Gasteiger partial charge in [0, 0.05) is 29.0 Å². The number of hydrogen-bond acceptors (Lipinski definition) is 2. The Bertz CT molecular complexity index is 509. The van der Waals surface area contributed by atoms with E-state index in [9.17, 15) is 4.79 Å². The quantitative estimate of drug-likeness (QED) is 0.829. The number of piperidine rings is 1. The number of nitrogens with zero attached hydrogens (tertiary/aromatic N) is 1. The van der Waals surface area contributed by atoms with Crippen LogP contribution in [-0.4, -0.2) is 29.1 Å². The molecule has 1 heterocycles. The van der Waals surface area contributed by atoms with Crippen LogP contribution in [0.25, 0.3) is 0 Å². The lowest BCUT2D eigenvalue weighted by molar-refractivity contribution is -0.138. The van der Waals surface area contributed by atoms with Crippen molar-refractivity contribution in [2.75, 3.05) is 13.1 Å². The van der Waals surface area contributed by atoms with Gasteiger partial charge in [0.1, 0.15) is 0 Å². The molecule has 2 atom stereocenters. The van der Waals surface area contributed by atoms with Crippen LogP contribution in [0.4, 0.5) is 0 Å². The highest BCUT2D eigenvalue weighted by Gasteiger charge is 2.26. The zero-order chi connectivity index (χ0) is 15.4. The van der Waals surface area contributed by atoms with E-state index in [1.807, 2.05) is 18.2 Å². The minimum Gasteiger partial charge on any atom is -0.481 e. The minimum atomic E-state index is -0.697. The maximum absolute atomic E-state index is 10.9. The summed E-state index contributed by atoms with van der Waals surface area (Å²) >= 11 is 9.64. The monoisotopic (exact) mass is 373 g/mol. The molecule has 2 unspecified atom stereocenters. The summed E-state index contributed by atoms with van der Waals surface area (Å²) in [6.07, 6.45) is 2.52. The third-order valence-corrected chi connectivity index (χ3v) is 5.25. The van der Waals surface area contributed by atoms with Crippen molar-refractivity contribution in [2.24, 2.45) is 11.8 Å². The summed E-state index contributed by atoms with van der Waals surface area (Å²) in [6.45, 7) is 4.94. The third kappa shape index (κ3) is 4.97. The van der Waals surface area contributed by atoms with Gasteiger partial charge < -0.3 is 5.11 Å². The Morgan fingerprint density at radius 1 is 1.57 bits per heavy atom. The first-order valence-electron chi connectivity index (χ1n) is 7.33. The molecule has 1 aromatic rings. The molecule has 0 spiro atoms. The van der Waals surface area contributed by atoms with Crippen molar-refractivity contribution in [3.8, 4) is 0 Å². The average Bonchev–Trinajstić information content (AvgIpc) is 2.42. The fourth-order valence-electron chi connectivity index (χ4n) is 3.05. The molecule has 1 saturated heterocycles. The third-order valence-electron chi connectivity index (χ3n) is 4.25. The number of aliphatic carboxylic acids is 1. The van der Waals surface area contributed by atoms with Gasteiger partial charge in [-0.25, -0.2) is 0 Å². The van der Waals surface area contributed by atoms with Crippen molar-refractivity contribution >= 4 is 33.5 Å². The molecule has 3 nitrogen and oxygen atoms in total. The Balaban J connectivity index is 1.98. The van der Waals surface area contributed by atoms with Gasteiger partial charge in [-0.3, -0.25) is 9.69 Å². The Kier molecular flexibility index (Phi) is 6.08. The molecule has 116 valence electrons. The van der Waals surface area contributed by atoms with Gasteiger partial charge in [-0.05, 0) is 55.0 Å². The SMILES string of the molecule is CC(CC(=O)O)C1CCCN(Cc2cc(Cl)ccc2Br)C1. The first-order valence-corrected chi connectivity index (χ1v) is 8.51. The van der Waals surface area contributed by atoms with Crippen LogP contribution < -0.4 is 0 Å². The van der Waals surface area contributed by atoms with Gasteiger partial charge in [-0.2, -0.15) is 0 Å². The highest BCUT2D eigenvalue weighted by atomic mass is 79.9. The second kappa shape index (κ2) is 7.61. The van der Waals surface area contributed by atoms with Crippen molar-refractivity contribution in [1.82, 2.24) is 4.90 Å². The van der Waals surface area contributed by atoms with E-state index in [1.165, 1.54) is 5.56 Å². The van der Waals surface area contributed by atoms with E-state index in [2.05, 4.69) is 27.8 Å². The van der Waals surface area contributed by atoms with Gasteiger partial charge in [-0.1, -0.05) is 34.5 Å². The fourth-order valence-corrected chi connectivity index (χ4v) is 3.61. The lowest BCUT2D eigenvalue weighted by Gasteiger charge is -2.35. The molecule has 0 saturated carbocycles. The second-order valence-electron chi connectivity index (χ2n) is 5.95. The lowest BCUT2D eigenvalue weighted by atomic mass is 9.84. The van der Waals surface area contributed by atoms with E-state index < -0.39 is 5.97 Å². The molecule has 1 aromatic carbocycles. The molecule has 5 heteroatoms. The Morgan fingerprint density at radius 3 is 3.05 bits per heavy atom. The lowest BCUT2D eigenvalue weighted by Crippen LogP contribution is -2.37. The summed E-state index contributed by atoms with van der Waals surface area (Å²) in [7, 11) is 0. The standard InChI is InChI=1S/C16H21BrClNO2/c1-11(7-16(20)21)12-3-2-6-19(9-12)10-13-8-14(18)4-5-15(13)17/h4-5,8,11-12H,2-3,6-7,9-10H2,1H3,(H,20,21). The molecule has 2 rings (SSSR count). The summed E-state index contributed by atoms with van der Waals surface area (Å²) in [5.74, 6) is -0.00174. The maximum atomic E-state index is 10.9. The number of carboxylic acids is 1. The number of carbonyl (C=O) groups is 1. The molecule has 0 amide bonds. The number of carboxylic acid groups (broad SMARTS) is 1. The van der Waals surface area contributed by atoms with Crippen molar-refractivity contribution in [2.45, 2.75) is 32.7 Å². The molecular formula is C16H21BrClNO2. The highest BCUT2D eigenvalue weighted by molar-refractivity contribution is 9.10. The van der Waals surface area contributed by atoms with Crippen molar-refractivity contribution in [3.63, 3.8) is 0 Å². The number of rotatable bonds is 5. The molecule has 1 aliphatic rings. The summed E-state index contributed by atoms with van der Waals surface area (Å²) in [4.78, 5) is 13.3. The van der Waals surface area contributed by atoms with Gasteiger partial charge in [0.15, 0.2) is 0 Å². The first-order chi connectivity index (χ1) is 9.95. The minimum absolute atomic E-state index is 0.230. The largest absolute Gasteiger partial charge is 0.481 e. The normalized spacial score (nSPS) is 21.2. The van der Waals surface area contributed by atoms with Crippen LogP contribution in [-0.2, 0) is 11.3 Å². The fraction of sp³-hybridized carbons (Fsp3) is 0.562. The zero-order valence-electron chi connectivity index (χ0n) is 12.2. The second-order valence-corrected chi connectivity index (χ2v) is 7.24. The van der Waals surface area contributed by atoms with Crippen LogP contribution in [0.3, 0.4) is 0 Å². The van der Waals surface area contributed by atoms with Crippen molar-refractivity contribution in [1.29, 1.82) is 0 Å². The first kappa shape index (κ1) is 16.8. The average molecular weight is 375 g/mol. The summed E-state index contributed by atoms with van der Waals surface area (Å²) in [6, 6.07) is 5.85. The van der Waals surface area contributed by atoms with Crippen molar-refractivity contribution in [3.05, 3.63) is 33.3 Å². The molecule has 1 N–H and O–H groups in total. The molecule has 0 aliphatic carbocycles. The van der Waals surface area contributed by atoms with Crippen LogP contribution >= 0.6 is 27.5 Å². The molecule has 1 fully saturated rings.